The lowest BCUT2D eigenvalue weighted by Crippen LogP contribution is -2.25. The van der Waals surface area contributed by atoms with Gasteiger partial charge in [0, 0.05) is 0 Å². The SMILES string of the molecule is CC(C)(C)OC(=O)c1c(Cl)nc(Cl)c(F)c1N. The van der Waals surface area contributed by atoms with Gasteiger partial charge in [0.1, 0.15) is 16.3 Å². The van der Waals surface area contributed by atoms with Crippen molar-refractivity contribution in [3.63, 3.8) is 0 Å². The molecule has 0 fully saturated rings. The Morgan fingerprint density at radius 3 is 2.35 bits per heavy atom. The molecule has 0 spiro atoms. The van der Waals surface area contributed by atoms with Crippen molar-refractivity contribution in [1.29, 1.82) is 0 Å². The second-order valence-corrected chi connectivity index (χ2v) is 5.01. The molecule has 0 amide bonds. The molecule has 17 heavy (non-hydrogen) atoms. The molecule has 0 aromatic carbocycles. The third kappa shape index (κ3) is 3.20. The summed E-state index contributed by atoms with van der Waals surface area (Å²) >= 11 is 11.1. The Balaban J connectivity index is 3.24. The standard InChI is InChI=1S/C10H11Cl2FN2O2/c1-10(2,3)17-9(16)4-6(14)5(13)8(12)15-7(4)11/h1-3H3,(H2,14,15). The highest BCUT2D eigenvalue weighted by molar-refractivity contribution is 6.35. The minimum absolute atomic E-state index is 0.289. The van der Waals surface area contributed by atoms with Gasteiger partial charge < -0.3 is 10.5 Å². The van der Waals surface area contributed by atoms with Gasteiger partial charge in [-0.3, -0.25) is 0 Å². The zero-order valence-corrected chi connectivity index (χ0v) is 11.0. The average Bonchev–Trinajstić information content (AvgIpc) is 2.11. The van der Waals surface area contributed by atoms with Crippen molar-refractivity contribution in [3.8, 4) is 0 Å². The van der Waals surface area contributed by atoms with Gasteiger partial charge in [-0.15, -0.1) is 0 Å². The van der Waals surface area contributed by atoms with E-state index in [1.54, 1.807) is 20.8 Å². The van der Waals surface area contributed by atoms with Gasteiger partial charge in [-0.1, -0.05) is 23.2 Å². The van der Waals surface area contributed by atoms with E-state index in [1.165, 1.54) is 0 Å². The zero-order valence-electron chi connectivity index (χ0n) is 9.47. The van der Waals surface area contributed by atoms with Crippen molar-refractivity contribution < 1.29 is 13.9 Å². The van der Waals surface area contributed by atoms with Gasteiger partial charge in [-0.25, -0.2) is 14.2 Å². The number of halogens is 3. The van der Waals surface area contributed by atoms with Crippen molar-refractivity contribution >= 4 is 34.9 Å². The van der Waals surface area contributed by atoms with E-state index in [9.17, 15) is 9.18 Å². The molecule has 1 aromatic heterocycles. The third-order valence-corrected chi connectivity index (χ3v) is 2.22. The van der Waals surface area contributed by atoms with Crippen molar-refractivity contribution in [2.75, 3.05) is 5.73 Å². The van der Waals surface area contributed by atoms with Gasteiger partial charge in [0.2, 0.25) is 0 Å². The lowest BCUT2D eigenvalue weighted by Gasteiger charge is -2.20. The summed E-state index contributed by atoms with van der Waals surface area (Å²) in [6, 6.07) is 0. The first-order valence-electron chi connectivity index (χ1n) is 4.67. The number of ether oxygens (including phenoxy) is 1. The first kappa shape index (κ1) is 14.0. The number of nitrogens with two attached hydrogens (primary N) is 1. The molecule has 0 bridgehead atoms. The number of carbonyl (C=O) groups excluding carboxylic acids is 1. The number of nitrogen functional groups attached to an aromatic ring is 1. The number of carbonyl (C=O) groups is 1. The summed E-state index contributed by atoms with van der Waals surface area (Å²) < 4.78 is 18.4. The van der Waals surface area contributed by atoms with Crippen LogP contribution in [0.15, 0.2) is 0 Å². The fraction of sp³-hybridized carbons (Fsp3) is 0.400. The molecule has 4 nitrogen and oxygen atoms in total. The van der Waals surface area contributed by atoms with Crippen LogP contribution in [0.4, 0.5) is 10.1 Å². The van der Waals surface area contributed by atoms with Crippen LogP contribution in [0.1, 0.15) is 31.1 Å². The van der Waals surface area contributed by atoms with Crippen molar-refractivity contribution in [2.24, 2.45) is 0 Å². The number of aromatic nitrogens is 1. The lowest BCUT2D eigenvalue weighted by atomic mass is 10.2. The minimum atomic E-state index is -0.989. The Bertz CT molecular complexity index is 472. The predicted octanol–water partition coefficient (Wildman–Crippen LogP) is 3.07. The molecule has 0 saturated heterocycles. The summed E-state index contributed by atoms with van der Waals surface area (Å²) in [6.07, 6.45) is 0. The zero-order chi connectivity index (χ0) is 13.4. The van der Waals surface area contributed by atoms with E-state index < -0.39 is 28.2 Å². The molecule has 0 atom stereocenters. The number of esters is 1. The maximum Gasteiger partial charge on any atom is 0.344 e. The van der Waals surface area contributed by atoms with Crippen LogP contribution in [0.2, 0.25) is 10.3 Å². The molecule has 0 unspecified atom stereocenters. The number of rotatable bonds is 1. The van der Waals surface area contributed by atoms with Crippen LogP contribution >= 0.6 is 23.2 Å². The first-order valence-corrected chi connectivity index (χ1v) is 5.42. The lowest BCUT2D eigenvalue weighted by molar-refractivity contribution is 0.00702. The highest BCUT2D eigenvalue weighted by Crippen LogP contribution is 2.29. The van der Waals surface area contributed by atoms with Crippen LogP contribution < -0.4 is 5.73 Å². The fourth-order valence-corrected chi connectivity index (χ4v) is 1.54. The van der Waals surface area contributed by atoms with Crippen LogP contribution in [0.3, 0.4) is 0 Å². The predicted molar refractivity (Wildman–Crippen MR) is 63.8 cm³/mol. The molecule has 1 heterocycles. The molecule has 0 aliphatic carbocycles. The Labute approximate surface area is 108 Å². The largest absolute Gasteiger partial charge is 0.456 e. The summed E-state index contributed by atoms with van der Waals surface area (Å²) in [5.74, 6) is -1.83. The first-order chi connectivity index (χ1) is 7.63. The van der Waals surface area contributed by atoms with Crippen LogP contribution in [0, 0.1) is 5.82 Å². The number of nitrogens with zero attached hydrogens (tertiary/aromatic N) is 1. The summed E-state index contributed by atoms with van der Waals surface area (Å²) in [7, 11) is 0. The maximum absolute atomic E-state index is 13.4. The fourth-order valence-electron chi connectivity index (χ4n) is 1.05. The van der Waals surface area contributed by atoms with E-state index in [1.807, 2.05) is 0 Å². The molecular weight excluding hydrogens is 270 g/mol. The average molecular weight is 281 g/mol. The van der Waals surface area contributed by atoms with E-state index >= 15 is 0 Å². The Kier molecular flexibility index (Phi) is 3.84. The molecule has 0 radical (unpaired) electrons. The number of anilines is 1. The van der Waals surface area contributed by atoms with Crippen LogP contribution in [-0.4, -0.2) is 16.6 Å². The van der Waals surface area contributed by atoms with E-state index in [4.69, 9.17) is 33.7 Å². The number of hydrogen-bond acceptors (Lipinski definition) is 4. The van der Waals surface area contributed by atoms with Gasteiger partial charge in [0.25, 0.3) is 0 Å². The van der Waals surface area contributed by atoms with E-state index in [2.05, 4.69) is 4.98 Å². The number of hydrogen-bond donors (Lipinski definition) is 1. The van der Waals surface area contributed by atoms with E-state index in [-0.39, 0.29) is 10.7 Å². The Morgan fingerprint density at radius 1 is 1.35 bits per heavy atom. The topological polar surface area (TPSA) is 65.2 Å². The third-order valence-electron chi connectivity index (χ3n) is 1.69. The van der Waals surface area contributed by atoms with E-state index in [0.717, 1.165) is 0 Å². The van der Waals surface area contributed by atoms with Gasteiger partial charge in [-0.2, -0.15) is 0 Å². The summed E-state index contributed by atoms with van der Waals surface area (Å²) in [5.41, 5.74) is 3.89. The summed E-state index contributed by atoms with van der Waals surface area (Å²) in [5, 5.41) is -0.775. The molecule has 1 rings (SSSR count). The van der Waals surface area contributed by atoms with Crippen LogP contribution in [0.5, 0.6) is 0 Å². The van der Waals surface area contributed by atoms with Gasteiger partial charge >= 0.3 is 5.97 Å². The highest BCUT2D eigenvalue weighted by Gasteiger charge is 2.26. The second-order valence-electron chi connectivity index (χ2n) is 4.30. The molecule has 0 aliphatic rings. The Morgan fingerprint density at radius 2 is 1.88 bits per heavy atom. The van der Waals surface area contributed by atoms with Crippen LogP contribution in [-0.2, 0) is 4.74 Å². The normalized spacial score (nSPS) is 11.4. The molecule has 0 aliphatic heterocycles. The molecule has 0 saturated carbocycles. The summed E-state index contributed by atoms with van der Waals surface area (Å²) in [4.78, 5) is 15.2. The number of pyridine rings is 1. The second kappa shape index (κ2) is 4.66. The molecule has 94 valence electrons. The molecular formula is C10H11Cl2FN2O2. The van der Waals surface area contributed by atoms with Gasteiger partial charge in [-0.05, 0) is 20.8 Å². The van der Waals surface area contributed by atoms with Crippen molar-refractivity contribution in [1.82, 2.24) is 4.98 Å². The highest BCUT2D eigenvalue weighted by atomic mass is 35.5. The van der Waals surface area contributed by atoms with Crippen molar-refractivity contribution in [3.05, 3.63) is 21.7 Å². The molecule has 7 heteroatoms. The molecule has 1 aromatic rings. The Hall–Kier alpha value is -1.07. The van der Waals surface area contributed by atoms with Crippen LogP contribution in [0.25, 0.3) is 0 Å². The minimum Gasteiger partial charge on any atom is -0.456 e. The van der Waals surface area contributed by atoms with E-state index in [0.29, 0.717) is 0 Å². The quantitative estimate of drug-likeness (QED) is 0.634. The monoisotopic (exact) mass is 280 g/mol. The summed E-state index contributed by atoms with van der Waals surface area (Å²) in [6.45, 7) is 4.98. The smallest absolute Gasteiger partial charge is 0.344 e. The van der Waals surface area contributed by atoms with Gasteiger partial charge in [0.05, 0.1) is 5.69 Å². The maximum atomic E-state index is 13.4. The van der Waals surface area contributed by atoms with Gasteiger partial charge in [0.15, 0.2) is 11.0 Å². The van der Waals surface area contributed by atoms with Crippen molar-refractivity contribution in [2.45, 2.75) is 26.4 Å². The molecule has 2 N–H and O–H groups in total.